The zero-order valence-electron chi connectivity index (χ0n) is 9.75. The third-order valence-electron chi connectivity index (χ3n) is 3.76. The standard InChI is InChI=1S/C14H17NO2/c16-13-8-11(9-15(13)12-6-7-12)14(17)10-4-2-1-3-5-10/h1-5,11-12,14,17H,6-9H2. The molecule has 90 valence electrons. The number of aliphatic hydroxyl groups excluding tert-OH is 1. The lowest BCUT2D eigenvalue weighted by Crippen LogP contribution is -2.28. The summed E-state index contributed by atoms with van der Waals surface area (Å²) in [5.41, 5.74) is 0.919. The van der Waals surface area contributed by atoms with Crippen molar-refractivity contribution in [2.24, 2.45) is 5.92 Å². The summed E-state index contributed by atoms with van der Waals surface area (Å²) in [6.45, 7) is 0.722. The molecule has 17 heavy (non-hydrogen) atoms. The van der Waals surface area contributed by atoms with E-state index in [1.807, 2.05) is 35.2 Å². The largest absolute Gasteiger partial charge is 0.388 e. The minimum Gasteiger partial charge on any atom is -0.388 e. The van der Waals surface area contributed by atoms with Crippen LogP contribution in [0.3, 0.4) is 0 Å². The van der Waals surface area contributed by atoms with Crippen LogP contribution in [0, 0.1) is 5.92 Å². The van der Waals surface area contributed by atoms with Gasteiger partial charge in [-0.1, -0.05) is 30.3 Å². The van der Waals surface area contributed by atoms with E-state index in [2.05, 4.69) is 0 Å². The van der Waals surface area contributed by atoms with Gasteiger partial charge in [-0.2, -0.15) is 0 Å². The number of hydrogen-bond acceptors (Lipinski definition) is 2. The third-order valence-corrected chi connectivity index (χ3v) is 3.76. The fourth-order valence-electron chi connectivity index (χ4n) is 2.63. The molecule has 1 saturated heterocycles. The lowest BCUT2D eigenvalue weighted by atomic mass is 9.95. The number of rotatable bonds is 3. The summed E-state index contributed by atoms with van der Waals surface area (Å²) in [6, 6.07) is 10.1. The van der Waals surface area contributed by atoms with Crippen molar-refractivity contribution in [3.8, 4) is 0 Å². The first kappa shape index (κ1) is 10.8. The van der Waals surface area contributed by atoms with Crippen molar-refractivity contribution in [3.63, 3.8) is 0 Å². The van der Waals surface area contributed by atoms with Gasteiger partial charge in [0.15, 0.2) is 0 Å². The number of benzene rings is 1. The maximum Gasteiger partial charge on any atom is 0.223 e. The molecule has 0 radical (unpaired) electrons. The smallest absolute Gasteiger partial charge is 0.223 e. The van der Waals surface area contributed by atoms with Crippen molar-refractivity contribution in [3.05, 3.63) is 35.9 Å². The van der Waals surface area contributed by atoms with Gasteiger partial charge < -0.3 is 10.0 Å². The van der Waals surface area contributed by atoms with E-state index in [0.717, 1.165) is 24.9 Å². The van der Waals surface area contributed by atoms with Gasteiger partial charge in [0.25, 0.3) is 0 Å². The number of carbonyl (C=O) groups is 1. The van der Waals surface area contributed by atoms with Gasteiger partial charge in [0.2, 0.25) is 5.91 Å². The molecule has 1 amide bonds. The van der Waals surface area contributed by atoms with Gasteiger partial charge in [-0.15, -0.1) is 0 Å². The highest BCUT2D eigenvalue weighted by Gasteiger charge is 2.41. The zero-order valence-corrected chi connectivity index (χ0v) is 9.75. The normalized spacial score (nSPS) is 26.3. The van der Waals surface area contributed by atoms with Crippen LogP contribution in [0.5, 0.6) is 0 Å². The number of nitrogens with zero attached hydrogens (tertiary/aromatic N) is 1. The van der Waals surface area contributed by atoms with E-state index in [1.165, 1.54) is 0 Å². The molecule has 1 aromatic carbocycles. The molecule has 1 N–H and O–H groups in total. The summed E-state index contributed by atoms with van der Waals surface area (Å²) in [5.74, 6) is 0.276. The molecule has 2 aliphatic rings. The molecule has 1 heterocycles. The minimum absolute atomic E-state index is 0.0606. The van der Waals surface area contributed by atoms with E-state index < -0.39 is 6.10 Å². The van der Waals surface area contributed by atoms with Gasteiger partial charge in [-0.3, -0.25) is 4.79 Å². The van der Waals surface area contributed by atoms with Gasteiger partial charge in [-0.05, 0) is 18.4 Å². The van der Waals surface area contributed by atoms with Gasteiger partial charge in [0, 0.05) is 24.9 Å². The highest BCUT2D eigenvalue weighted by atomic mass is 16.3. The van der Waals surface area contributed by atoms with Crippen LogP contribution in [-0.4, -0.2) is 28.5 Å². The molecule has 3 nitrogen and oxygen atoms in total. The van der Waals surface area contributed by atoms with Gasteiger partial charge in [-0.25, -0.2) is 0 Å². The molecule has 3 heteroatoms. The lowest BCUT2D eigenvalue weighted by molar-refractivity contribution is -0.128. The summed E-state index contributed by atoms with van der Waals surface area (Å²) in [7, 11) is 0. The molecule has 1 aromatic rings. The van der Waals surface area contributed by atoms with Crippen LogP contribution in [-0.2, 0) is 4.79 Å². The first-order valence-corrected chi connectivity index (χ1v) is 6.28. The first-order valence-electron chi connectivity index (χ1n) is 6.28. The first-order chi connectivity index (χ1) is 8.25. The van der Waals surface area contributed by atoms with Crippen molar-refractivity contribution >= 4 is 5.91 Å². The van der Waals surface area contributed by atoms with Gasteiger partial charge in [0.1, 0.15) is 0 Å². The average molecular weight is 231 g/mol. The predicted octanol–water partition coefficient (Wildman–Crippen LogP) is 1.73. The summed E-state index contributed by atoms with van der Waals surface area (Å²) in [5, 5.41) is 10.3. The fraction of sp³-hybridized carbons (Fsp3) is 0.500. The Labute approximate surface area is 101 Å². The van der Waals surface area contributed by atoms with Crippen LogP contribution in [0.1, 0.15) is 30.9 Å². The predicted molar refractivity (Wildman–Crippen MR) is 64.2 cm³/mol. The third kappa shape index (κ3) is 2.07. The molecule has 2 unspecified atom stereocenters. The Balaban J connectivity index is 1.71. The number of aliphatic hydroxyl groups is 1. The number of hydrogen-bond donors (Lipinski definition) is 1. The average Bonchev–Trinajstić information content (AvgIpc) is 3.13. The van der Waals surface area contributed by atoms with E-state index in [-0.39, 0.29) is 11.8 Å². The highest BCUT2D eigenvalue weighted by Crippen LogP contribution is 2.37. The van der Waals surface area contributed by atoms with Crippen molar-refractivity contribution in [1.29, 1.82) is 0 Å². The molecule has 2 fully saturated rings. The monoisotopic (exact) mass is 231 g/mol. The molecule has 2 atom stereocenters. The van der Waals surface area contributed by atoms with Gasteiger partial charge >= 0.3 is 0 Å². The minimum atomic E-state index is -0.510. The van der Waals surface area contributed by atoms with Crippen molar-refractivity contribution in [2.45, 2.75) is 31.4 Å². The molecule has 1 saturated carbocycles. The number of likely N-dealkylation sites (tertiary alicyclic amines) is 1. The lowest BCUT2D eigenvalue weighted by Gasteiger charge is -2.19. The highest BCUT2D eigenvalue weighted by molar-refractivity contribution is 5.79. The van der Waals surface area contributed by atoms with Crippen molar-refractivity contribution in [2.75, 3.05) is 6.54 Å². The van der Waals surface area contributed by atoms with Crippen LogP contribution in [0.25, 0.3) is 0 Å². The number of amides is 1. The Bertz CT molecular complexity index is 413. The molecule has 0 spiro atoms. The maximum absolute atomic E-state index is 11.8. The Morgan fingerprint density at radius 2 is 1.94 bits per heavy atom. The summed E-state index contributed by atoms with van der Waals surface area (Å²) >= 11 is 0. The molecule has 1 aliphatic heterocycles. The van der Waals surface area contributed by atoms with Crippen LogP contribution in [0.2, 0.25) is 0 Å². The van der Waals surface area contributed by atoms with E-state index in [9.17, 15) is 9.90 Å². The van der Waals surface area contributed by atoms with E-state index in [0.29, 0.717) is 12.5 Å². The second-order valence-corrected chi connectivity index (χ2v) is 5.10. The molecular formula is C14H17NO2. The van der Waals surface area contributed by atoms with E-state index in [1.54, 1.807) is 0 Å². The van der Waals surface area contributed by atoms with Crippen LogP contribution < -0.4 is 0 Å². The van der Waals surface area contributed by atoms with Crippen LogP contribution >= 0.6 is 0 Å². The molecule has 0 aromatic heterocycles. The second kappa shape index (κ2) is 4.15. The molecule has 0 bridgehead atoms. The molecular weight excluding hydrogens is 214 g/mol. The van der Waals surface area contributed by atoms with E-state index >= 15 is 0 Å². The maximum atomic E-state index is 11.8. The topological polar surface area (TPSA) is 40.5 Å². The van der Waals surface area contributed by atoms with E-state index in [4.69, 9.17) is 0 Å². The Kier molecular flexibility index (Phi) is 2.63. The molecule has 3 rings (SSSR count). The van der Waals surface area contributed by atoms with Crippen LogP contribution in [0.15, 0.2) is 30.3 Å². The molecule has 1 aliphatic carbocycles. The van der Waals surface area contributed by atoms with Crippen molar-refractivity contribution in [1.82, 2.24) is 4.90 Å². The quantitative estimate of drug-likeness (QED) is 0.860. The van der Waals surface area contributed by atoms with Gasteiger partial charge in [0.05, 0.1) is 6.10 Å². The Hall–Kier alpha value is -1.35. The fourth-order valence-corrected chi connectivity index (χ4v) is 2.63. The van der Waals surface area contributed by atoms with Crippen LogP contribution in [0.4, 0.5) is 0 Å². The summed E-state index contributed by atoms with van der Waals surface area (Å²) < 4.78 is 0. The second-order valence-electron chi connectivity index (χ2n) is 5.10. The van der Waals surface area contributed by atoms with Crippen molar-refractivity contribution < 1.29 is 9.90 Å². The Morgan fingerprint density at radius 1 is 1.24 bits per heavy atom. The SMILES string of the molecule is O=C1CC(C(O)c2ccccc2)CN1C1CC1. The summed E-state index contributed by atoms with van der Waals surface area (Å²) in [6.07, 6.45) is 2.26. The number of carbonyl (C=O) groups excluding carboxylic acids is 1. The zero-order chi connectivity index (χ0) is 11.8. The summed E-state index contributed by atoms with van der Waals surface area (Å²) in [4.78, 5) is 13.8. The Morgan fingerprint density at radius 3 is 2.59 bits per heavy atom.